The number of hydrogen-bond acceptors (Lipinski definition) is 3. The molecular weight excluding hydrogens is 479 g/mol. The van der Waals surface area contributed by atoms with E-state index in [9.17, 15) is 4.79 Å². The van der Waals surface area contributed by atoms with Crippen LogP contribution >= 0.6 is 24.0 Å². The first-order valence-electron chi connectivity index (χ1n) is 10.5. The van der Waals surface area contributed by atoms with Crippen LogP contribution in [0.2, 0.25) is 0 Å². The van der Waals surface area contributed by atoms with Crippen molar-refractivity contribution in [3.8, 4) is 0 Å². The second-order valence-corrected chi connectivity index (χ2v) is 7.48. The van der Waals surface area contributed by atoms with Gasteiger partial charge >= 0.3 is 0 Å². The fourth-order valence-electron chi connectivity index (χ4n) is 3.76. The van der Waals surface area contributed by atoms with Crippen LogP contribution in [-0.2, 0) is 11.3 Å². The van der Waals surface area contributed by atoms with E-state index in [1.54, 1.807) is 7.05 Å². The summed E-state index contributed by atoms with van der Waals surface area (Å²) in [5, 5.41) is 9.54. The molecule has 0 radical (unpaired) electrons. The molecule has 1 fully saturated rings. The molecule has 0 bridgehead atoms. The third kappa shape index (κ3) is 8.50. The molecule has 0 heterocycles. The topological polar surface area (TPSA) is 74.8 Å². The minimum atomic E-state index is -0.0704. The van der Waals surface area contributed by atoms with Gasteiger partial charge in [0.25, 0.3) is 5.91 Å². The first kappa shape index (κ1) is 25.7. The number of rotatable bonds is 10. The zero-order valence-corrected chi connectivity index (χ0v) is 20.4. The van der Waals surface area contributed by atoms with E-state index in [4.69, 9.17) is 9.73 Å². The summed E-state index contributed by atoms with van der Waals surface area (Å²) < 4.78 is 5.61. The third-order valence-electron chi connectivity index (χ3n) is 5.48. The fraction of sp³-hybridized carbons (Fsp3) is 0.636. The monoisotopic (exact) mass is 516 g/mol. The van der Waals surface area contributed by atoms with Crippen molar-refractivity contribution < 1.29 is 9.53 Å². The number of nitrogens with zero attached hydrogens (tertiary/aromatic N) is 1. The Morgan fingerprint density at radius 2 is 1.83 bits per heavy atom. The summed E-state index contributed by atoms with van der Waals surface area (Å²) in [6, 6.07) is 7.59. The molecule has 0 spiro atoms. The van der Waals surface area contributed by atoms with Crippen molar-refractivity contribution in [3.63, 3.8) is 0 Å². The molecule has 1 aromatic carbocycles. The van der Waals surface area contributed by atoms with Gasteiger partial charge in [0.05, 0.1) is 6.54 Å². The maximum Gasteiger partial charge on any atom is 0.251 e. The molecule has 6 nitrogen and oxygen atoms in total. The predicted molar refractivity (Wildman–Crippen MR) is 130 cm³/mol. The summed E-state index contributed by atoms with van der Waals surface area (Å²) in [6.45, 7) is 8.09. The number of aliphatic imine (C=N–C) groups is 1. The lowest BCUT2D eigenvalue weighted by Gasteiger charge is -2.30. The molecule has 1 amide bonds. The molecule has 0 atom stereocenters. The Kier molecular flexibility index (Phi) is 12.2. The zero-order chi connectivity index (χ0) is 20.2. The number of amides is 1. The van der Waals surface area contributed by atoms with Gasteiger partial charge in [-0.1, -0.05) is 25.0 Å². The van der Waals surface area contributed by atoms with Crippen LogP contribution in [0, 0.1) is 5.41 Å². The molecule has 0 aliphatic heterocycles. The highest BCUT2D eigenvalue weighted by Crippen LogP contribution is 2.40. The van der Waals surface area contributed by atoms with Gasteiger partial charge in [0.15, 0.2) is 5.96 Å². The Bertz CT molecular complexity index is 628. The van der Waals surface area contributed by atoms with Crippen molar-refractivity contribution in [1.29, 1.82) is 0 Å². The van der Waals surface area contributed by atoms with Crippen molar-refractivity contribution in [2.75, 3.05) is 33.4 Å². The van der Waals surface area contributed by atoms with E-state index in [0.717, 1.165) is 44.2 Å². The molecule has 1 aliphatic rings. The highest BCUT2D eigenvalue weighted by Gasteiger charge is 2.33. The van der Waals surface area contributed by atoms with Crippen molar-refractivity contribution >= 4 is 35.8 Å². The molecule has 1 aromatic rings. The standard InChI is InChI=1S/C22H36N4O2.HI/c1-4-24-21(25-16-18-8-10-19(11-9-18)20(27)23-3)26-17-22(12-6-7-13-22)14-15-28-5-2;/h8-11H,4-7,12-17H2,1-3H3,(H,23,27)(H2,24,25,26);1H. The first-order valence-corrected chi connectivity index (χ1v) is 10.5. The molecule has 0 aromatic heterocycles. The summed E-state index contributed by atoms with van der Waals surface area (Å²) in [5.41, 5.74) is 2.06. The van der Waals surface area contributed by atoms with Gasteiger partial charge in [-0.05, 0) is 56.2 Å². The fourth-order valence-corrected chi connectivity index (χ4v) is 3.76. The minimum Gasteiger partial charge on any atom is -0.382 e. The second-order valence-electron chi connectivity index (χ2n) is 7.48. The van der Waals surface area contributed by atoms with Crippen molar-refractivity contribution in [2.45, 2.75) is 52.5 Å². The largest absolute Gasteiger partial charge is 0.382 e. The predicted octanol–water partition coefficient (Wildman–Crippen LogP) is 3.71. The van der Waals surface area contributed by atoms with Crippen molar-refractivity contribution in [1.82, 2.24) is 16.0 Å². The summed E-state index contributed by atoms with van der Waals surface area (Å²) in [6.07, 6.45) is 6.23. The van der Waals surface area contributed by atoms with Gasteiger partial charge in [0, 0.05) is 38.9 Å². The normalized spacial score (nSPS) is 15.5. The number of benzene rings is 1. The van der Waals surface area contributed by atoms with Crippen LogP contribution in [0.1, 0.15) is 61.9 Å². The van der Waals surface area contributed by atoms with Crippen LogP contribution in [0.4, 0.5) is 0 Å². The molecule has 3 N–H and O–H groups in total. The molecule has 164 valence electrons. The highest BCUT2D eigenvalue weighted by atomic mass is 127. The van der Waals surface area contributed by atoms with Crippen LogP contribution in [0.3, 0.4) is 0 Å². The minimum absolute atomic E-state index is 0. The summed E-state index contributed by atoms with van der Waals surface area (Å²) in [5.74, 6) is 0.777. The average molecular weight is 516 g/mol. The number of halogens is 1. The zero-order valence-electron chi connectivity index (χ0n) is 18.1. The van der Waals surface area contributed by atoms with Gasteiger partial charge < -0.3 is 20.7 Å². The lowest BCUT2D eigenvalue weighted by atomic mass is 9.83. The Labute approximate surface area is 192 Å². The molecule has 0 saturated heterocycles. The summed E-state index contributed by atoms with van der Waals surface area (Å²) in [4.78, 5) is 16.4. The van der Waals surface area contributed by atoms with Crippen LogP contribution < -0.4 is 16.0 Å². The van der Waals surface area contributed by atoms with Gasteiger partial charge in [-0.25, -0.2) is 4.99 Å². The number of hydrogen-bond donors (Lipinski definition) is 3. The SMILES string of the molecule is CCNC(=NCc1ccc(C(=O)NC)cc1)NCC1(CCOCC)CCCC1.I. The van der Waals surface area contributed by atoms with Gasteiger partial charge in [-0.2, -0.15) is 0 Å². The van der Waals surface area contributed by atoms with Crippen LogP contribution in [0.15, 0.2) is 29.3 Å². The maximum atomic E-state index is 11.6. The average Bonchev–Trinajstić information content (AvgIpc) is 3.19. The van der Waals surface area contributed by atoms with E-state index in [0.29, 0.717) is 17.5 Å². The van der Waals surface area contributed by atoms with Gasteiger partial charge in [-0.15, -0.1) is 24.0 Å². The molecule has 2 rings (SSSR count). The second kappa shape index (κ2) is 13.8. The number of ether oxygens (including phenoxy) is 1. The first-order chi connectivity index (χ1) is 13.6. The van der Waals surface area contributed by atoms with E-state index < -0.39 is 0 Å². The Hall–Kier alpha value is -1.35. The number of carbonyl (C=O) groups excluding carboxylic acids is 1. The van der Waals surface area contributed by atoms with Gasteiger partial charge in [0.2, 0.25) is 0 Å². The molecule has 29 heavy (non-hydrogen) atoms. The summed E-state index contributed by atoms with van der Waals surface area (Å²) in [7, 11) is 1.64. The Morgan fingerprint density at radius 3 is 2.41 bits per heavy atom. The van der Waals surface area contributed by atoms with Gasteiger partial charge in [0.1, 0.15) is 0 Å². The quantitative estimate of drug-likeness (QED) is 0.192. The van der Waals surface area contributed by atoms with Crippen molar-refractivity contribution in [3.05, 3.63) is 35.4 Å². The van der Waals surface area contributed by atoms with E-state index in [1.807, 2.05) is 24.3 Å². The van der Waals surface area contributed by atoms with E-state index in [2.05, 4.69) is 29.8 Å². The van der Waals surface area contributed by atoms with E-state index >= 15 is 0 Å². The van der Waals surface area contributed by atoms with Crippen molar-refractivity contribution in [2.24, 2.45) is 10.4 Å². The Balaban J connectivity index is 0.00000420. The third-order valence-corrected chi connectivity index (χ3v) is 5.48. The smallest absolute Gasteiger partial charge is 0.251 e. The molecule has 1 saturated carbocycles. The lowest BCUT2D eigenvalue weighted by molar-refractivity contribution is 0.0963. The maximum absolute atomic E-state index is 11.6. The van der Waals surface area contributed by atoms with E-state index in [-0.39, 0.29) is 29.9 Å². The van der Waals surface area contributed by atoms with Crippen LogP contribution in [0.5, 0.6) is 0 Å². The Morgan fingerprint density at radius 1 is 1.14 bits per heavy atom. The number of guanidine groups is 1. The molecule has 1 aliphatic carbocycles. The highest BCUT2D eigenvalue weighted by molar-refractivity contribution is 14.0. The van der Waals surface area contributed by atoms with Crippen LogP contribution in [-0.4, -0.2) is 45.2 Å². The molecule has 0 unspecified atom stereocenters. The molecular formula is C22H37IN4O2. The van der Waals surface area contributed by atoms with Crippen LogP contribution in [0.25, 0.3) is 0 Å². The number of carbonyl (C=O) groups is 1. The lowest BCUT2D eigenvalue weighted by Crippen LogP contribution is -2.43. The van der Waals surface area contributed by atoms with E-state index in [1.165, 1.54) is 25.7 Å². The number of nitrogens with one attached hydrogen (secondary N) is 3. The van der Waals surface area contributed by atoms with Gasteiger partial charge in [-0.3, -0.25) is 4.79 Å². The summed E-state index contributed by atoms with van der Waals surface area (Å²) >= 11 is 0. The molecule has 7 heteroatoms.